The van der Waals surface area contributed by atoms with Crippen molar-refractivity contribution in [3.63, 3.8) is 0 Å². The summed E-state index contributed by atoms with van der Waals surface area (Å²) in [5.41, 5.74) is 0.888. The fourth-order valence-corrected chi connectivity index (χ4v) is 1.55. The predicted octanol–water partition coefficient (Wildman–Crippen LogP) is 0.498. The molecule has 0 aliphatic heterocycles. The minimum absolute atomic E-state index is 0.0846. The van der Waals surface area contributed by atoms with Crippen LogP contribution in [0.25, 0.3) is 0 Å². The van der Waals surface area contributed by atoms with Gasteiger partial charge in [-0.3, -0.25) is 4.98 Å². The van der Waals surface area contributed by atoms with E-state index in [0.717, 1.165) is 6.26 Å². The highest BCUT2D eigenvalue weighted by Crippen LogP contribution is 2.02. The number of sulfone groups is 1. The molecule has 5 heteroatoms. The Bertz CT molecular complexity index is 428. The summed E-state index contributed by atoms with van der Waals surface area (Å²) >= 11 is 0. The summed E-state index contributed by atoms with van der Waals surface area (Å²) in [5.74, 6) is -0.0846. The van der Waals surface area contributed by atoms with Gasteiger partial charge in [0.05, 0.1) is 17.0 Å². The highest BCUT2D eigenvalue weighted by molar-refractivity contribution is 7.89. The highest BCUT2D eigenvalue weighted by Gasteiger charge is 2.04. The molecule has 0 saturated carbocycles. The molecule has 0 unspecified atom stereocenters. The maximum absolute atomic E-state index is 10.9. The Morgan fingerprint density at radius 3 is 2.62 bits per heavy atom. The molecular weight excluding hydrogens is 188 g/mol. The number of rotatable bonds is 2. The molecule has 0 radical (unpaired) electrons. The topological polar surface area (TPSA) is 70.8 Å². The van der Waals surface area contributed by atoms with Gasteiger partial charge in [-0.25, -0.2) is 8.42 Å². The predicted molar refractivity (Wildman–Crippen MR) is 47.5 cm³/mol. The van der Waals surface area contributed by atoms with Crippen molar-refractivity contribution >= 4 is 9.84 Å². The van der Waals surface area contributed by atoms with Gasteiger partial charge in [0.25, 0.3) is 0 Å². The zero-order valence-electron chi connectivity index (χ0n) is 7.06. The molecule has 1 aromatic rings. The van der Waals surface area contributed by atoms with Crippen molar-refractivity contribution in [1.29, 1.82) is 5.26 Å². The fourth-order valence-electron chi connectivity index (χ4n) is 0.845. The number of aromatic nitrogens is 1. The molecule has 1 rings (SSSR count). The molecule has 0 bridgehead atoms. The van der Waals surface area contributed by atoms with Crippen molar-refractivity contribution in [2.45, 2.75) is 5.75 Å². The highest BCUT2D eigenvalue weighted by atomic mass is 32.2. The van der Waals surface area contributed by atoms with Gasteiger partial charge < -0.3 is 0 Å². The molecule has 0 aliphatic rings. The Balaban J connectivity index is 2.89. The molecule has 1 heterocycles. The monoisotopic (exact) mass is 196 g/mol. The van der Waals surface area contributed by atoms with Crippen LogP contribution >= 0.6 is 0 Å². The van der Waals surface area contributed by atoms with E-state index in [-0.39, 0.29) is 5.75 Å². The van der Waals surface area contributed by atoms with Gasteiger partial charge in [-0.1, -0.05) is 0 Å². The van der Waals surface area contributed by atoms with Crippen molar-refractivity contribution < 1.29 is 8.42 Å². The Labute approximate surface area is 76.8 Å². The summed E-state index contributed by atoms with van der Waals surface area (Å²) in [6, 6.07) is 5.00. The van der Waals surface area contributed by atoms with Crippen LogP contribution in [0, 0.1) is 11.3 Å². The second kappa shape index (κ2) is 3.54. The standard InChI is InChI=1S/C8H8N2O2S/c1-13(11,12)6-8-3-2-7(4-9)5-10-8/h2-3,5H,6H2,1H3. The van der Waals surface area contributed by atoms with Crippen LogP contribution < -0.4 is 0 Å². The van der Waals surface area contributed by atoms with Crippen molar-refractivity contribution in [2.75, 3.05) is 6.26 Å². The molecule has 0 spiro atoms. The van der Waals surface area contributed by atoms with Gasteiger partial charge in [0.1, 0.15) is 6.07 Å². The van der Waals surface area contributed by atoms with Gasteiger partial charge in [-0.05, 0) is 12.1 Å². The third-order valence-corrected chi connectivity index (χ3v) is 2.18. The van der Waals surface area contributed by atoms with Gasteiger partial charge >= 0.3 is 0 Å². The van der Waals surface area contributed by atoms with Crippen LogP contribution in [0.3, 0.4) is 0 Å². The van der Waals surface area contributed by atoms with Crippen molar-refractivity contribution in [2.24, 2.45) is 0 Å². The Morgan fingerprint density at radius 2 is 2.23 bits per heavy atom. The van der Waals surface area contributed by atoms with Gasteiger partial charge in [-0.15, -0.1) is 0 Å². The fraction of sp³-hybridized carbons (Fsp3) is 0.250. The minimum atomic E-state index is -3.04. The van der Waals surface area contributed by atoms with Crippen LogP contribution in [0.4, 0.5) is 0 Å². The van der Waals surface area contributed by atoms with E-state index in [1.54, 1.807) is 12.1 Å². The maximum Gasteiger partial charge on any atom is 0.153 e. The molecular formula is C8H8N2O2S. The van der Waals surface area contributed by atoms with Crippen molar-refractivity contribution in [1.82, 2.24) is 4.98 Å². The first-order valence-electron chi connectivity index (χ1n) is 3.54. The summed E-state index contributed by atoms with van der Waals surface area (Å²) in [6.07, 6.45) is 2.51. The quantitative estimate of drug-likeness (QED) is 0.690. The molecule has 4 nitrogen and oxygen atoms in total. The normalized spacial score (nSPS) is 10.8. The lowest BCUT2D eigenvalue weighted by molar-refractivity contribution is 0.600. The molecule has 1 aromatic heterocycles. The van der Waals surface area contributed by atoms with Gasteiger partial charge in [0.15, 0.2) is 9.84 Å². The molecule has 13 heavy (non-hydrogen) atoms. The first-order valence-corrected chi connectivity index (χ1v) is 5.60. The minimum Gasteiger partial charge on any atom is -0.259 e. The van der Waals surface area contributed by atoms with E-state index in [2.05, 4.69) is 4.98 Å². The molecule has 0 amide bonds. The SMILES string of the molecule is CS(=O)(=O)Cc1ccc(C#N)cn1. The summed E-state index contributed by atoms with van der Waals surface area (Å²) in [5, 5.41) is 8.45. The van der Waals surface area contributed by atoms with E-state index in [0.29, 0.717) is 11.3 Å². The van der Waals surface area contributed by atoms with Crippen LogP contribution in [0.15, 0.2) is 18.3 Å². The maximum atomic E-state index is 10.9. The number of nitriles is 1. The van der Waals surface area contributed by atoms with Gasteiger partial charge in [0, 0.05) is 12.5 Å². The van der Waals surface area contributed by atoms with Crippen LogP contribution in [0.5, 0.6) is 0 Å². The first-order chi connectivity index (χ1) is 6.01. The summed E-state index contributed by atoms with van der Waals surface area (Å²) in [4.78, 5) is 3.83. The molecule has 68 valence electrons. The van der Waals surface area contributed by atoms with Gasteiger partial charge in [-0.2, -0.15) is 5.26 Å². The molecule has 0 fully saturated rings. The van der Waals surface area contributed by atoms with Crippen molar-refractivity contribution in [3.05, 3.63) is 29.6 Å². The molecule has 0 N–H and O–H groups in total. The smallest absolute Gasteiger partial charge is 0.153 e. The Kier molecular flexibility index (Phi) is 2.63. The number of hydrogen-bond acceptors (Lipinski definition) is 4. The van der Waals surface area contributed by atoms with E-state index in [4.69, 9.17) is 5.26 Å². The lowest BCUT2D eigenvalue weighted by Crippen LogP contribution is -2.02. The van der Waals surface area contributed by atoms with Gasteiger partial charge in [0.2, 0.25) is 0 Å². The average Bonchev–Trinajstić information content (AvgIpc) is 2.03. The zero-order valence-corrected chi connectivity index (χ0v) is 7.87. The first kappa shape index (κ1) is 9.68. The number of pyridine rings is 1. The summed E-state index contributed by atoms with van der Waals surface area (Å²) in [6.45, 7) is 0. The number of hydrogen-bond donors (Lipinski definition) is 0. The molecule has 0 aliphatic carbocycles. The van der Waals surface area contributed by atoms with E-state index in [1.807, 2.05) is 6.07 Å². The molecule has 0 aromatic carbocycles. The van der Waals surface area contributed by atoms with E-state index < -0.39 is 9.84 Å². The largest absolute Gasteiger partial charge is 0.259 e. The van der Waals surface area contributed by atoms with Crippen LogP contribution in [-0.2, 0) is 15.6 Å². The Hall–Kier alpha value is -1.41. The summed E-state index contributed by atoms with van der Waals surface area (Å²) in [7, 11) is -3.04. The molecule has 0 atom stereocenters. The van der Waals surface area contributed by atoms with Crippen molar-refractivity contribution in [3.8, 4) is 6.07 Å². The van der Waals surface area contributed by atoms with Crippen LogP contribution in [0.2, 0.25) is 0 Å². The lowest BCUT2D eigenvalue weighted by Gasteiger charge is -1.97. The lowest BCUT2D eigenvalue weighted by atomic mass is 10.3. The number of nitrogens with zero attached hydrogens (tertiary/aromatic N) is 2. The van der Waals surface area contributed by atoms with E-state index in [1.165, 1.54) is 6.20 Å². The third-order valence-electron chi connectivity index (χ3n) is 1.36. The third kappa shape index (κ3) is 3.22. The second-order valence-corrected chi connectivity index (χ2v) is 4.86. The average molecular weight is 196 g/mol. The molecule has 0 saturated heterocycles. The van der Waals surface area contributed by atoms with Crippen LogP contribution in [-0.4, -0.2) is 19.7 Å². The zero-order chi connectivity index (χ0) is 9.90. The van der Waals surface area contributed by atoms with E-state index >= 15 is 0 Å². The second-order valence-electron chi connectivity index (χ2n) is 2.72. The Morgan fingerprint density at radius 1 is 1.54 bits per heavy atom. The van der Waals surface area contributed by atoms with E-state index in [9.17, 15) is 8.42 Å². The summed E-state index contributed by atoms with van der Waals surface area (Å²) < 4.78 is 21.7. The van der Waals surface area contributed by atoms with Crippen LogP contribution in [0.1, 0.15) is 11.3 Å².